The maximum atomic E-state index is 12.1. The molecule has 0 aliphatic carbocycles. The van der Waals surface area contributed by atoms with Gasteiger partial charge in [0.2, 0.25) is 0 Å². The number of rotatable bonds is 8. The van der Waals surface area contributed by atoms with Crippen LogP contribution in [0.4, 0.5) is 11.4 Å². The second kappa shape index (κ2) is 9.83. The standard InChI is InChI=1S/C19H21N5O5/c1-23(2)15-9-8-13(10-16(15)24(27)28)11-21-22-18(25)12-20-19(26)14-6-4-5-7-17(14)29-3/h4-11H,12H2,1-3H3,(H,20,26)(H,22,25). The predicted molar refractivity (Wildman–Crippen MR) is 108 cm³/mol. The minimum Gasteiger partial charge on any atom is -0.496 e. The van der Waals surface area contributed by atoms with Crippen molar-refractivity contribution in [2.75, 3.05) is 32.6 Å². The van der Waals surface area contributed by atoms with Crippen LogP contribution in [0.3, 0.4) is 0 Å². The lowest BCUT2D eigenvalue weighted by Gasteiger charge is -2.12. The van der Waals surface area contributed by atoms with Crippen molar-refractivity contribution in [2.24, 2.45) is 5.10 Å². The van der Waals surface area contributed by atoms with Crippen LogP contribution < -0.4 is 20.4 Å². The molecular weight excluding hydrogens is 378 g/mol. The number of amides is 2. The fourth-order valence-electron chi connectivity index (χ4n) is 2.45. The van der Waals surface area contributed by atoms with Crippen molar-refractivity contribution in [1.29, 1.82) is 0 Å². The van der Waals surface area contributed by atoms with Crippen LogP contribution in [-0.2, 0) is 4.79 Å². The van der Waals surface area contributed by atoms with Gasteiger partial charge < -0.3 is 15.0 Å². The Hall–Kier alpha value is -3.95. The van der Waals surface area contributed by atoms with E-state index in [9.17, 15) is 19.7 Å². The second-order valence-electron chi connectivity index (χ2n) is 6.08. The Balaban J connectivity index is 1.94. The highest BCUT2D eigenvalue weighted by molar-refractivity contribution is 5.98. The molecule has 0 atom stereocenters. The van der Waals surface area contributed by atoms with Gasteiger partial charge in [0.05, 0.1) is 30.4 Å². The number of hydrogen-bond donors (Lipinski definition) is 2. The van der Waals surface area contributed by atoms with Crippen LogP contribution in [0.5, 0.6) is 5.75 Å². The van der Waals surface area contributed by atoms with Gasteiger partial charge in [0.1, 0.15) is 11.4 Å². The van der Waals surface area contributed by atoms with E-state index < -0.39 is 16.7 Å². The third kappa shape index (κ3) is 5.76. The molecule has 0 bridgehead atoms. The van der Waals surface area contributed by atoms with E-state index in [0.717, 1.165) is 0 Å². The second-order valence-corrected chi connectivity index (χ2v) is 6.08. The Morgan fingerprint density at radius 3 is 2.62 bits per heavy atom. The van der Waals surface area contributed by atoms with Crippen LogP contribution in [0.25, 0.3) is 0 Å². The molecule has 0 aromatic heterocycles. The Morgan fingerprint density at radius 2 is 1.97 bits per heavy atom. The van der Waals surface area contributed by atoms with Gasteiger partial charge in [-0.3, -0.25) is 19.7 Å². The summed E-state index contributed by atoms with van der Waals surface area (Å²) in [6.45, 7) is -0.298. The van der Waals surface area contributed by atoms with Gasteiger partial charge in [-0.25, -0.2) is 5.43 Å². The van der Waals surface area contributed by atoms with Crippen LogP contribution in [0, 0.1) is 10.1 Å². The molecule has 0 aliphatic heterocycles. The minimum atomic E-state index is -0.552. The number of nitrogens with zero attached hydrogens (tertiary/aromatic N) is 3. The molecular formula is C19H21N5O5. The molecule has 2 amide bonds. The number of hydrazone groups is 1. The van der Waals surface area contributed by atoms with E-state index in [4.69, 9.17) is 4.74 Å². The molecule has 10 heteroatoms. The average molecular weight is 399 g/mol. The SMILES string of the molecule is COc1ccccc1C(=O)NCC(=O)NN=Cc1ccc(N(C)C)c([N+](=O)[O-])c1. The highest BCUT2D eigenvalue weighted by atomic mass is 16.6. The number of nitrogens with one attached hydrogen (secondary N) is 2. The van der Waals surface area contributed by atoms with Gasteiger partial charge in [-0.05, 0) is 18.2 Å². The maximum absolute atomic E-state index is 12.1. The van der Waals surface area contributed by atoms with Crippen molar-refractivity contribution < 1.29 is 19.2 Å². The molecule has 0 radical (unpaired) electrons. The largest absolute Gasteiger partial charge is 0.496 e. The number of methoxy groups -OCH3 is 1. The summed E-state index contributed by atoms with van der Waals surface area (Å²) in [5.74, 6) is -0.619. The Morgan fingerprint density at radius 1 is 1.24 bits per heavy atom. The number of carbonyl (C=O) groups excluding carboxylic acids is 2. The van der Waals surface area contributed by atoms with Gasteiger partial charge in [0.15, 0.2) is 0 Å². The van der Waals surface area contributed by atoms with Crippen molar-refractivity contribution in [3.63, 3.8) is 0 Å². The van der Waals surface area contributed by atoms with Crippen LogP contribution in [-0.4, -0.2) is 50.7 Å². The lowest BCUT2D eigenvalue weighted by atomic mass is 10.2. The van der Waals surface area contributed by atoms with Gasteiger partial charge in [-0.2, -0.15) is 5.10 Å². The molecule has 29 heavy (non-hydrogen) atoms. The number of ether oxygens (including phenoxy) is 1. The van der Waals surface area contributed by atoms with E-state index in [1.54, 1.807) is 55.4 Å². The molecule has 2 aromatic carbocycles. The molecule has 10 nitrogen and oxygen atoms in total. The molecule has 0 fully saturated rings. The molecule has 2 aromatic rings. The zero-order valence-electron chi connectivity index (χ0n) is 16.2. The van der Waals surface area contributed by atoms with Crippen molar-refractivity contribution in [3.8, 4) is 5.75 Å². The zero-order valence-corrected chi connectivity index (χ0v) is 16.2. The summed E-state index contributed by atoms with van der Waals surface area (Å²) in [4.78, 5) is 36.3. The molecule has 0 saturated heterocycles. The van der Waals surface area contributed by atoms with Gasteiger partial charge >= 0.3 is 0 Å². The van der Waals surface area contributed by atoms with Crippen LogP contribution >= 0.6 is 0 Å². The maximum Gasteiger partial charge on any atom is 0.293 e. The first kappa shape index (κ1) is 21.4. The third-order valence-electron chi connectivity index (χ3n) is 3.84. The number of benzene rings is 2. The van der Waals surface area contributed by atoms with E-state index >= 15 is 0 Å². The molecule has 0 unspecified atom stereocenters. The molecule has 0 aliphatic rings. The van der Waals surface area contributed by atoms with E-state index in [2.05, 4.69) is 15.8 Å². The molecule has 152 valence electrons. The van der Waals surface area contributed by atoms with Crippen LogP contribution in [0.2, 0.25) is 0 Å². The van der Waals surface area contributed by atoms with Crippen molar-refractivity contribution >= 4 is 29.4 Å². The number of carbonyl (C=O) groups is 2. The lowest BCUT2D eigenvalue weighted by molar-refractivity contribution is -0.384. The molecule has 2 N–H and O–H groups in total. The summed E-state index contributed by atoms with van der Waals surface area (Å²) in [6, 6.07) is 11.2. The summed E-state index contributed by atoms with van der Waals surface area (Å²) < 4.78 is 5.10. The van der Waals surface area contributed by atoms with Gasteiger partial charge in [0.25, 0.3) is 17.5 Å². The first-order valence-corrected chi connectivity index (χ1v) is 8.52. The first-order valence-electron chi connectivity index (χ1n) is 8.52. The number of hydrogen-bond acceptors (Lipinski definition) is 7. The Kier molecular flexibility index (Phi) is 7.24. The summed E-state index contributed by atoms with van der Waals surface area (Å²) in [6.07, 6.45) is 1.28. The number of anilines is 1. The number of para-hydroxylation sites is 1. The smallest absolute Gasteiger partial charge is 0.293 e. The molecule has 2 rings (SSSR count). The quantitative estimate of drug-likeness (QED) is 0.394. The summed E-state index contributed by atoms with van der Waals surface area (Å²) in [5, 5.41) is 17.4. The Bertz CT molecular complexity index is 942. The van der Waals surface area contributed by atoms with E-state index in [0.29, 0.717) is 22.6 Å². The summed E-state index contributed by atoms with van der Waals surface area (Å²) in [5.41, 5.74) is 3.39. The highest BCUT2D eigenvalue weighted by Gasteiger charge is 2.16. The van der Waals surface area contributed by atoms with E-state index in [1.807, 2.05) is 0 Å². The van der Waals surface area contributed by atoms with Gasteiger partial charge in [-0.15, -0.1) is 0 Å². The first-order chi connectivity index (χ1) is 13.8. The van der Waals surface area contributed by atoms with Gasteiger partial charge in [0, 0.05) is 25.7 Å². The average Bonchev–Trinajstić information content (AvgIpc) is 2.71. The predicted octanol–water partition coefficient (Wildman–Crippen LogP) is 1.55. The normalized spacial score (nSPS) is 10.4. The Labute approximate surface area is 167 Å². The fraction of sp³-hybridized carbons (Fsp3) is 0.211. The molecule has 0 heterocycles. The summed E-state index contributed by atoms with van der Waals surface area (Å²) in [7, 11) is 4.86. The van der Waals surface area contributed by atoms with E-state index in [1.165, 1.54) is 19.4 Å². The van der Waals surface area contributed by atoms with Gasteiger partial charge in [-0.1, -0.05) is 18.2 Å². The topological polar surface area (TPSA) is 126 Å². The lowest BCUT2D eigenvalue weighted by Crippen LogP contribution is -2.35. The van der Waals surface area contributed by atoms with Crippen LogP contribution in [0.15, 0.2) is 47.6 Å². The highest BCUT2D eigenvalue weighted by Crippen LogP contribution is 2.27. The molecule has 0 spiro atoms. The van der Waals surface area contributed by atoms with E-state index in [-0.39, 0.29) is 12.2 Å². The van der Waals surface area contributed by atoms with Crippen LogP contribution in [0.1, 0.15) is 15.9 Å². The number of nitro benzene ring substituents is 1. The monoisotopic (exact) mass is 399 g/mol. The fourth-order valence-corrected chi connectivity index (χ4v) is 2.45. The third-order valence-corrected chi connectivity index (χ3v) is 3.84. The minimum absolute atomic E-state index is 0.0747. The van der Waals surface area contributed by atoms with Crippen molar-refractivity contribution in [3.05, 3.63) is 63.7 Å². The van der Waals surface area contributed by atoms with Crippen molar-refractivity contribution in [1.82, 2.24) is 10.7 Å². The zero-order chi connectivity index (χ0) is 21.4. The molecule has 0 saturated carbocycles. The van der Waals surface area contributed by atoms with Crippen molar-refractivity contribution in [2.45, 2.75) is 0 Å². The summed E-state index contributed by atoms with van der Waals surface area (Å²) >= 11 is 0. The number of nitro groups is 1.